The van der Waals surface area contributed by atoms with Crippen LogP contribution in [-0.4, -0.2) is 57.2 Å². The lowest BCUT2D eigenvalue weighted by atomic mass is 9.55. The van der Waals surface area contributed by atoms with E-state index in [0.29, 0.717) is 78.0 Å². The van der Waals surface area contributed by atoms with E-state index in [1.807, 2.05) is 60.7 Å². The van der Waals surface area contributed by atoms with Crippen LogP contribution in [0.15, 0.2) is 66.7 Å². The summed E-state index contributed by atoms with van der Waals surface area (Å²) >= 11 is 21.8. The van der Waals surface area contributed by atoms with Crippen molar-refractivity contribution in [3.63, 3.8) is 0 Å². The van der Waals surface area contributed by atoms with Crippen molar-refractivity contribution in [1.29, 1.82) is 0 Å². The molecule has 4 saturated carbocycles. The molecule has 2 N–H and O–H groups in total. The lowest BCUT2D eigenvalue weighted by Gasteiger charge is -2.59. The normalized spacial score (nSPS) is 19.8. The molecule has 4 aliphatic carbocycles. The van der Waals surface area contributed by atoms with Crippen molar-refractivity contribution in [2.45, 2.75) is 132 Å². The maximum atomic E-state index is 17.3. The molecule has 2 unspecified atom stereocenters. The Kier molecular flexibility index (Phi) is 12.6. The van der Waals surface area contributed by atoms with Gasteiger partial charge in [-0.25, -0.2) is 9.97 Å². The molecule has 14 heteroatoms. The fraction of sp³-hybridized carbons (Fsp3) is 0.490. The largest absolute Gasteiger partial charge is 0.497 e. The quantitative estimate of drug-likeness (QED) is 0.119. The van der Waals surface area contributed by atoms with Crippen LogP contribution in [0.1, 0.15) is 109 Å². The van der Waals surface area contributed by atoms with Crippen molar-refractivity contribution in [3.8, 4) is 33.6 Å². The Hall–Kier alpha value is -4.29. The van der Waals surface area contributed by atoms with Crippen LogP contribution >= 0.6 is 46.1 Å². The number of hydrogen-bond acceptors (Lipinski definition) is 7. The number of rotatable bonds is 13. The highest BCUT2D eigenvalue weighted by Gasteiger charge is 2.72. The van der Waals surface area contributed by atoms with Crippen molar-refractivity contribution in [3.05, 3.63) is 81.1 Å². The number of halogens is 3. The zero-order valence-electron chi connectivity index (χ0n) is 37.1. The van der Waals surface area contributed by atoms with Gasteiger partial charge in [-0.3, -0.25) is 9.59 Å². The first kappa shape index (κ1) is 44.5. The molecule has 0 saturated heterocycles. The topological polar surface area (TPSA) is 112 Å². The van der Waals surface area contributed by atoms with Gasteiger partial charge in [-0.15, -0.1) is 11.3 Å². The lowest BCUT2D eigenvalue weighted by Crippen LogP contribution is -2.76. The molecule has 2 amide bonds. The van der Waals surface area contributed by atoms with Crippen molar-refractivity contribution in [2.24, 2.45) is 11.8 Å². The predicted molar refractivity (Wildman–Crippen MR) is 262 cm³/mol. The van der Waals surface area contributed by atoms with Crippen LogP contribution < -0.4 is 20.1 Å². The van der Waals surface area contributed by atoms with Crippen molar-refractivity contribution in [2.75, 3.05) is 14.2 Å². The van der Waals surface area contributed by atoms with Gasteiger partial charge in [0.2, 0.25) is 11.8 Å². The second kappa shape index (κ2) is 18.4. The molecular weight excluding hydrogens is 899 g/mol. The van der Waals surface area contributed by atoms with E-state index in [1.54, 1.807) is 20.3 Å². The monoisotopic (exact) mass is 954 g/mol. The molecule has 0 bridgehead atoms. The standard InChI is InChI=1S/C51H57Cl3N6O4S/c1-63-36-21-24-40-42(29-36)59(46(57-40)31-20-23-38(52)39(53)28-31)50(33-14-11-15-33,48(61)55-34-16-5-3-6-17-34)51(32-12-9-10-13-32,49(62)56-35-18-7-4-8-19-35)60-43-30-37(64-2)22-25-41(43)58-47(60)44-26-27-45(54)65-44/h20-30,32-35H,3-19H2,1-2H3,(H,55,61)(H,56,62). The van der Waals surface area contributed by atoms with Crippen molar-refractivity contribution < 1.29 is 19.1 Å². The van der Waals surface area contributed by atoms with Crippen molar-refractivity contribution >= 4 is 80.0 Å². The first-order chi connectivity index (χ1) is 31.7. The summed E-state index contributed by atoms with van der Waals surface area (Å²) in [6, 6.07) is 21.0. The molecule has 10 rings (SSSR count). The Balaban J connectivity index is 1.43. The number of ether oxygens (including phenoxy) is 2. The maximum absolute atomic E-state index is 17.3. The summed E-state index contributed by atoms with van der Waals surface area (Å²) in [6.45, 7) is 0. The van der Waals surface area contributed by atoms with Crippen LogP contribution in [0.4, 0.5) is 0 Å². The minimum atomic E-state index is -1.66. The Morgan fingerprint density at radius 2 is 1.08 bits per heavy atom. The highest BCUT2D eigenvalue weighted by Crippen LogP contribution is 2.61. The summed E-state index contributed by atoms with van der Waals surface area (Å²) in [7, 11) is 3.31. The summed E-state index contributed by atoms with van der Waals surface area (Å²) in [4.78, 5) is 46.3. The molecule has 6 aromatic rings. The third-order valence-electron chi connectivity index (χ3n) is 15.2. The van der Waals surface area contributed by atoms with Crippen LogP contribution in [0.2, 0.25) is 14.4 Å². The van der Waals surface area contributed by atoms with E-state index >= 15 is 9.59 Å². The van der Waals surface area contributed by atoms with Gasteiger partial charge in [0.1, 0.15) is 17.3 Å². The van der Waals surface area contributed by atoms with Crippen LogP contribution in [0.3, 0.4) is 0 Å². The number of nitrogens with one attached hydrogen (secondary N) is 2. The number of carbonyl (C=O) groups is 2. The fourth-order valence-corrected chi connectivity index (χ4v) is 13.3. The van der Waals surface area contributed by atoms with E-state index in [2.05, 4.69) is 19.8 Å². The Bertz CT molecular complexity index is 2730. The third kappa shape index (κ3) is 7.60. The predicted octanol–water partition coefficient (Wildman–Crippen LogP) is 12.7. The molecule has 2 atom stereocenters. The minimum Gasteiger partial charge on any atom is -0.497 e. The first-order valence-electron chi connectivity index (χ1n) is 23.6. The summed E-state index contributed by atoms with van der Waals surface area (Å²) in [5.74, 6) is 1.34. The second-order valence-electron chi connectivity index (χ2n) is 18.7. The number of hydrogen-bond donors (Lipinski definition) is 2. The summed E-state index contributed by atoms with van der Waals surface area (Å²) < 4.78 is 17.0. The van der Waals surface area contributed by atoms with Gasteiger partial charge in [0.05, 0.1) is 55.5 Å². The molecular formula is C51H57Cl3N6O4S. The molecule has 0 radical (unpaired) electrons. The molecule has 10 nitrogen and oxygen atoms in total. The van der Waals surface area contributed by atoms with Gasteiger partial charge in [0.25, 0.3) is 0 Å². The van der Waals surface area contributed by atoms with Crippen molar-refractivity contribution in [1.82, 2.24) is 29.7 Å². The van der Waals surface area contributed by atoms with Gasteiger partial charge >= 0.3 is 0 Å². The van der Waals surface area contributed by atoms with Gasteiger partial charge < -0.3 is 29.2 Å². The van der Waals surface area contributed by atoms with E-state index in [-0.39, 0.29) is 35.7 Å². The molecule has 342 valence electrons. The average Bonchev–Trinajstić information content (AvgIpc) is 4.14. The van der Waals surface area contributed by atoms with E-state index < -0.39 is 11.1 Å². The lowest BCUT2D eigenvalue weighted by molar-refractivity contribution is -0.164. The minimum absolute atomic E-state index is 0.0735. The highest BCUT2D eigenvalue weighted by atomic mass is 35.5. The smallest absolute Gasteiger partial charge is 0.249 e. The summed E-state index contributed by atoms with van der Waals surface area (Å²) in [5, 5.41) is 8.28. The molecule has 3 aromatic heterocycles. The Morgan fingerprint density at radius 3 is 1.54 bits per heavy atom. The number of benzene rings is 3. The highest BCUT2D eigenvalue weighted by molar-refractivity contribution is 7.19. The number of amides is 2. The van der Waals surface area contributed by atoms with E-state index in [1.165, 1.54) is 11.3 Å². The van der Waals surface area contributed by atoms with Gasteiger partial charge in [0.15, 0.2) is 16.9 Å². The average molecular weight is 956 g/mol. The zero-order chi connectivity index (χ0) is 44.9. The fourth-order valence-electron chi connectivity index (χ4n) is 12.0. The van der Waals surface area contributed by atoms with Crippen LogP contribution in [0.25, 0.3) is 44.2 Å². The zero-order valence-corrected chi connectivity index (χ0v) is 40.2. The van der Waals surface area contributed by atoms with Gasteiger partial charge in [-0.05, 0) is 118 Å². The van der Waals surface area contributed by atoms with Gasteiger partial charge in [-0.2, -0.15) is 0 Å². The molecule has 4 aliphatic rings. The molecule has 3 heterocycles. The number of methoxy groups -OCH3 is 2. The Labute approximate surface area is 399 Å². The van der Waals surface area contributed by atoms with E-state index in [4.69, 9.17) is 54.2 Å². The molecule has 4 fully saturated rings. The number of carbonyl (C=O) groups excluding carboxylic acids is 2. The van der Waals surface area contributed by atoms with E-state index in [0.717, 1.165) is 101 Å². The number of nitrogens with zero attached hydrogens (tertiary/aromatic N) is 4. The summed E-state index contributed by atoms with van der Waals surface area (Å²) in [5.41, 5.74) is 0.115. The number of aromatic nitrogens is 4. The van der Waals surface area contributed by atoms with Crippen LogP contribution in [-0.2, 0) is 20.7 Å². The van der Waals surface area contributed by atoms with Crippen LogP contribution in [0.5, 0.6) is 11.5 Å². The molecule has 0 spiro atoms. The van der Waals surface area contributed by atoms with Crippen LogP contribution in [0, 0.1) is 11.8 Å². The molecule has 0 aliphatic heterocycles. The number of imidazole rings is 2. The van der Waals surface area contributed by atoms with E-state index in [9.17, 15) is 0 Å². The van der Waals surface area contributed by atoms with Gasteiger partial charge in [-0.1, -0.05) is 92.6 Å². The summed E-state index contributed by atoms with van der Waals surface area (Å²) in [6.07, 6.45) is 15.4. The molecule has 65 heavy (non-hydrogen) atoms. The SMILES string of the molecule is COc1ccc2nc(-c3ccc(Cl)c(Cl)c3)n(C(C(=O)NC3CCCCC3)(C3CCC3)C(C(=O)NC3CCCCC3)(C3CCCC3)n3c(-c4ccc(Cl)s4)nc4ccc(OC)cc43)c2c1. The number of fused-ring (bicyclic) bond motifs is 2. The maximum Gasteiger partial charge on any atom is 0.249 e. The second-order valence-corrected chi connectivity index (χ2v) is 21.3. The first-order valence-corrected chi connectivity index (χ1v) is 25.6. The number of thiophene rings is 1. The van der Waals surface area contributed by atoms with Gasteiger partial charge in [0, 0.05) is 29.8 Å². The Morgan fingerprint density at radius 1 is 0.585 bits per heavy atom. The molecule has 3 aromatic carbocycles. The third-order valence-corrected chi connectivity index (χ3v) is 17.2.